The van der Waals surface area contributed by atoms with Gasteiger partial charge in [-0.1, -0.05) is 59.3 Å². The maximum absolute atomic E-state index is 12.3. The second kappa shape index (κ2) is 10.2. The van der Waals surface area contributed by atoms with E-state index in [1.54, 1.807) is 0 Å². The average Bonchev–Trinajstić information content (AvgIpc) is 2.40. The summed E-state index contributed by atoms with van der Waals surface area (Å²) in [6.07, 6.45) is 8.12. The molecule has 0 bridgehead atoms. The van der Waals surface area contributed by atoms with Crippen LogP contribution < -0.4 is 5.32 Å². The van der Waals surface area contributed by atoms with Gasteiger partial charge in [0.1, 0.15) is 0 Å². The highest BCUT2D eigenvalue weighted by Gasteiger charge is 2.31. The van der Waals surface area contributed by atoms with Crippen molar-refractivity contribution in [3.8, 4) is 0 Å². The number of amides is 1. The van der Waals surface area contributed by atoms with Gasteiger partial charge in [0.15, 0.2) is 0 Å². The van der Waals surface area contributed by atoms with E-state index in [1.807, 2.05) is 6.92 Å². The van der Waals surface area contributed by atoms with Gasteiger partial charge >= 0.3 is 0 Å². The molecule has 6 heteroatoms. The molecule has 2 N–H and O–H groups in total. The second-order valence-corrected chi connectivity index (χ2v) is 7.59. The third kappa shape index (κ3) is 9.85. The van der Waals surface area contributed by atoms with Gasteiger partial charge in [-0.3, -0.25) is 9.35 Å². The van der Waals surface area contributed by atoms with E-state index in [-0.39, 0.29) is 12.5 Å². The minimum atomic E-state index is -4.02. The predicted molar refractivity (Wildman–Crippen MR) is 85.8 cm³/mol. The molecule has 126 valence electrons. The molecule has 5 nitrogen and oxygen atoms in total. The van der Waals surface area contributed by atoms with Crippen molar-refractivity contribution in [3.63, 3.8) is 0 Å². The van der Waals surface area contributed by atoms with Crippen LogP contribution in [0.5, 0.6) is 0 Å². The summed E-state index contributed by atoms with van der Waals surface area (Å²) in [7, 11) is -4.02. The SMILES string of the molecule is CCCCCCC(C)(CCCC)C(=O)NCCS(=O)(=O)O. The van der Waals surface area contributed by atoms with Crippen molar-refractivity contribution in [2.24, 2.45) is 5.41 Å². The lowest BCUT2D eigenvalue weighted by molar-refractivity contribution is -0.131. The number of hydrogen-bond acceptors (Lipinski definition) is 3. The van der Waals surface area contributed by atoms with Crippen LogP contribution in [0.1, 0.15) is 72.1 Å². The first-order chi connectivity index (χ1) is 9.75. The summed E-state index contributed by atoms with van der Waals surface area (Å²) in [5, 5.41) is 2.65. The Bertz CT molecular complexity index is 394. The Hall–Kier alpha value is -0.620. The van der Waals surface area contributed by atoms with Crippen LogP contribution in [0.25, 0.3) is 0 Å². The average molecular weight is 321 g/mol. The third-order valence-corrected chi connectivity index (χ3v) is 4.58. The van der Waals surface area contributed by atoms with Crippen LogP contribution in [0.15, 0.2) is 0 Å². The van der Waals surface area contributed by atoms with Crippen LogP contribution in [0.3, 0.4) is 0 Å². The normalized spacial score (nSPS) is 14.7. The summed E-state index contributed by atoms with van der Waals surface area (Å²) in [5.74, 6) is -0.533. The van der Waals surface area contributed by atoms with Crippen molar-refractivity contribution < 1.29 is 17.8 Å². The highest BCUT2D eigenvalue weighted by molar-refractivity contribution is 7.85. The summed E-state index contributed by atoms with van der Waals surface area (Å²) >= 11 is 0. The molecule has 0 aliphatic heterocycles. The van der Waals surface area contributed by atoms with Gasteiger partial charge in [-0.15, -0.1) is 0 Å². The van der Waals surface area contributed by atoms with E-state index in [9.17, 15) is 13.2 Å². The number of carbonyl (C=O) groups excluding carboxylic acids is 1. The molecule has 0 spiro atoms. The number of carbonyl (C=O) groups is 1. The van der Waals surface area contributed by atoms with Crippen molar-refractivity contribution in [1.29, 1.82) is 0 Å². The molecule has 1 unspecified atom stereocenters. The Morgan fingerprint density at radius 2 is 1.62 bits per heavy atom. The van der Waals surface area contributed by atoms with Crippen molar-refractivity contribution in [2.45, 2.75) is 72.1 Å². The topological polar surface area (TPSA) is 83.5 Å². The minimum Gasteiger partial charge on any atom is -0.355 e. The standard InChI is InChI=1S/C15H31NO4S/c1-4-6-8-9-11-15(3,10-7-5-2)14(17)16-12-13-21(18,19)20/h4-13H2,1-3H3,(H,16,17)(H,18,19,20). The summed E-state index contributed by atoms with van der Waals surface area (Å²) in [5.41, 5.74) is -0.441. The number of hydrogen-bond donors (Lipinski definition) is 2. The fraction of sp³-hybridized carbons (Fsp3) is 0.933. The fourth-order valence-corrected chi connectivity index (χ4v) is 2.73. The largest absolute Gasteiger partial charge is 0.355 e. The molecular weight excluding hydrogens is 290 g/mol. The van der Waals surface area contributed by atoms with Crippen LogP contribution in [0.4, 0.5) is 0 Å². The Morgan fingerprint density at radius 1 is 1.05 bits per heavy atom. The van der Waals surface area contributed by atoms with Gasteiger partial charge < -0.3 is 5.32 Å². The van der Waals surface area contributed by atoms with Gasteiger partial charge in [-0.05, 0) is 12.8 Å². The van der Waals surface area contributed by atoms with Crippen LogP contribution in [-0.2, 0) is 14.9 Å². The van der Waals surface area contributed by atoms with Crippen LogP contribution in [-0.4, -0.2) is 31.2 Å². The number of nitrogens with one attached hydrogen (secondary N) is 1. The Morgan fingerprint density at radius 3 is 2.14 bits per heavy atom. The predicted octanol–water partition coefficient (Wildman–Crippen LogP) is 3.16. The second-order valence-electron chi connectivity index (χ2n) is 6.02. The fourth-order valence-electron chi connectivity index (χ4n) is 2.37. The summed E-state index contributed by atoms with van der Waals surface area (Å²) in [6, 6.07) is 0. The minimum absolute atomic E-state index is 0.0334. The van der Waals surface area contributed by atoms with Crippen molar-refractivity contribution in [1.82, 2.24) is 5.32 Å². The first kappa shape index (κ1) is 20.4. The van der Waals surface area contributed by atoms with Crippen LogP contribution >= 0.6 is 0 Å². The molecule has 0 aliphatic carbocycles. The van der Waals surface area contributed by atoms with Crippen molar-refractivity contribution in [3.05, 3.63) is 0 Å². The van der Waals surface area contributed by atoms with Gasteiger partial charge in [-0.25, -0.2) is 0 Å². The third-order valence-electron chi connectivity index (χ3n) is 3.86. The van der Waals surface area contributed by atoms with Crippen LogP contribution in [0, 0.1) is 5.41 Å². The van der Waals surface area contributed by atoms with E-state index in [2.05, 4.69) is 19.2 Å². The molecule has 0 saturated heterocycles. The molecular formula is C15H31NO4S. The zero-order valence-corrected chi connectivity index (χ0v) is 14.5. The Kier molecular flexibility index (Phi) is 9.86. The maximum atomic E-state index is 12.3. The molecule has 0 fully saturated rings. The lowest BCUT2D eigenvalue weighted by atomic mass is 9.79. The lowest BCUT2D eigenvalue weighted by Crippen LogP contribution is -2.41. The van der Waals surface area contributed by atoms with Gasteiger partial charge in [0, 0.05) is 12.0 Å². The van der Waals surface area contributed by atoms with Crippen molar-refractivity contribution >= 4 is 16.0 Å². The van der Waals surface area contributed by atoms with E-state index in [0.717, 1.165) is 44.9 Å². The highest BCUT2D eigenvalue weighted by atomic mass is 32.2. The monoisotopic (exact) mass is 321 g/mol. The van der Waals surface area contributed by atoms with E-state index >= 15 is 0 Å². The van der Waals surface area contributed by atoms with Crippen LogP contribution in [0.2, 0.25) is 0 Å². The van der Waals surface area contributed by atoms with E-state index in [0.29, 0.717) is 0 Å². The molecule has 0 saturated carbocycles. The van der Waals surface area contributed by atoms with Gasteiger partial charge in [0.25, 0.3) is 10.1 Å². The molecule has 0 aromatic carbocycles. The molecule has 0 heterocycles. The molecule has 1 amide bonds. The maximum Gasteiger partial charge on any atom is 0.266 e. The molecule has 0 rings (SSSR count). The molecule has 0 aromatic heterocycles. The van der Waals surface area contributed by atoms with Gasteiger partial charge in [0.05, 0.1) is 5.75 Å². The molecule has 1 atom stereocenters. The number of unbranched alkanes of at least 4 members (excludes halogenated alkanes) is 4. The summed E-state index contributed by atoms with van der Waals surface area (Å²) in [6.45, 7) is 6.16. The van der Waals surface area contributed by atoms with E-state index < -0.39 is 21.3 Å². The molecule has 0 aromatic rings. The number of rotatable bonds is 12. The van der Waals surface area contributed by atoms with E-state index in [1.165, 1.54) is 6.42 Å². The Labute approximate surface area is 129 Å². The van der Waals surface area contributed by atoms with Gasteiger partial charge in [0.2, 0.25) is 5.91 Å². The molecule has 0 radical (unpaired) electrons. The molecule has 0 aliphatic rings. The van der Waals surface area contributed by atoms with E-state index in [4.69, 9.17) is 4.55 Å². The first-order valence-electron chi connectivity index (χ1n) is 7.98. The zero-order valence-electron chi connectivity index (χ0n) is 13.7. The highest BCUT2D eigenvalue weighted by Crippen LogP contribution is 2.31. The lowest BCUT2D eigenvalue weighted by Gasteiger charge is -2.28. The Balaban J connectivity index is 4.44. The smallest absolute Gasteiger partial charge is 0.266 e. The first-order valence-corrected chi connectivity index (χ1v) is 9.59. The summed E-state index contributed by atoms with van der Waals surface area (Å²) in [4.78, 5) is 12.3. The molecule has 21 heavy (non-hydrogen) atoms. The zero-order chi connectivity index (χ0) is 16.4. The van der Waals surface area contributed by atoms with Crippen molar-refractivity contribution in [2.75, 3.05) is 12.3 Å². The van der Waals surface area contributed by atoms with Gasteiger partial charge in [-0.2, -0.15) is 8.42 Å². The summed E-state index contributed by atoms with van der Waals surface area (Å²) < 4.78 is 30.1. The quantitative estimate of drug-likeness (QED) is 0.427.